The minimum absolute atomic E-state index is 0.0113. The molecule has 1 aromatic heterocycles. The number of fused-ring (bicyclic) bond motifs is 1. The average Bonchev–Trinajstić information content (AvgIpc) is 3.18. The number of nitrogens with zero attached hydrogens (tertiary/aromatic N) is 2. The molecule has 0 aliphatic carbocycles. The van der Waals surface area contributed by atoms with Gasteiger partial charge in [0, 0.05) is 0 Å². The molecule has 0 spiro atoms. The molecule has 2 heterocycles. The van der Waals surface area contributed by atoms with Crippen LogP contribution in [0, 0.1) is 0 Å². The summed E-state index contributed by atoms with van der Waals surface area (Å²) >= 11 is 1.23. The number of carbonyl (C=O) groups excluding carboxylic acids is 1. The van der Waals surface area contributed by atoms with E-state index in [1.54, 1.807) is 43.5 Å². The fraction of sp³-hybridized carbons (Fsp3) is 0.345. The molecule has 0 bridgehead atoms. The minimum Gasteiger partial charge on any atom is -0.504 e. The summed E-state index contributed by atoms with van der Waals surface area (Å²) in [7, 11) is 1.47. The standard InChI is InChI=1S/C29H32N2O6S/c1-6-7-14-36-21-11-9-20(10-12-21)26-25(28(34)37-17(2)3)18(4)30-29-31(26)27(33)24(38-29)16-19-8-13-22(32)23(15-19)35-5/h8-13,15-17,26,32H,6-7,14H2,1-5H3/b24-16-. The summed E-state index contributed by atoms with van der Waals surface area (Å²) in [6.45, 7) is 8.05. The molecule has 0 saturated heterocycles. The highest BCUT2D eigenvalue weighted by molar-refractivity contribution is 7.07. The molecule has 1 atom stereocenters. The topological polar surface area (TPSA) is 99.4 Å². The largest absolute Gasteiger partial charge is 0.504 e. The van der Waals surface area contributed by atoms with Crippen LogP contribution in [0.1, 0.15) is 57.7 Å². The summed E-state index contributed by atoms with van der Waals surface area (Å²) in [5.41, 5.74) is 1.98. The third-order valence-corrected chi connectivity index (χ3v) is 7.03. The van der Waals surface area contributed by atoms with Crippen molar-refractivity contribution in [1.82, 2.24) is 4.57 Å². The zero-order chi connectivity index (χ0) is 27.4. The molecule has 0 amide bonds. The van der Waals surface area contributed by atoms with E-state index >= 15 is 0 Å². The molecule has 200 valence electrons. The Kier molecular flexibility index (Phi) is 8.36. The molecular formula is C29H32N2O6S. The number of phenolic OH excluding ortho intramolecular Hbond substituents is 1. The second kappa shape index (κ2) is 11.7. The molecule has 9 heteroatoms. The van der Waals surface area contributed by atoms with E-state index in [9.17, 15) is 14.7 Å². The van der Waals surface area contributed by atoms with Gasteiger partial charge >= 0.3 is 5.97 Å². The van der Waals surface area contributed by atoms with Crippen LogP contribution in [0.2, 0.25) is 0 Å². The monoisotopic (exact) mass is 536 g/mol. The number of phenols is 1. The highest BCUT2D eigenvalue weighted by Gasteiger charge is 2.33. The first-order chi connectivity index (χ1) is 18.2. The van der Waals surface area contributed by atoms with Gasteiger partial charge in [0.1, 0.15) is 5.75 Å². The van der Waals surface area contributed by atoms with Crippen LogP contribution in [-0.2, 0) is 9.53 Å². The number of hydrogen-bond acceptors (Lipinski definition) is 8. The maximum absolute atomic E-state index is 13.8. The zero-order valence-electron chi connectivity index (χ0n) is 22.2. The Labute approximate surface area is 225 Å². The molecule has 8 nitrogen and oxygen atoms in total. The van der Waals surface area contributed by atoms with E-state index in [2.05, 4.69) is 11.9 Å². The molecule has 1 unspecified atom stereocenters. The summed E-state index contributed by atoms with van der Waals surface area (Å²) in [6.07, 6.45) is 3.39. The van der Waals surface area contributed by atoms with Crippen LogP contribution in [-0.4, -0.2) is 35.5 Å². The van der Waals surface area contributed by atoms with E-state index in [1.807, 2.05) is 24.3 Å². The third kappa shape index (κ3) is 5.67. The number of carbonyl (C=O) groups is 1. The Bertz CT molecular complexity index is 1530. The van der Waals surface area contributed by atoms with Crippen molar-refractivity contribution in [3.05, 3.63) is 84.5 Å². The Balaban J connectivity index is 1.84. The summed E-state index contributed by atoms with van der Waals surface area (Å²) in [6, 6.07) is 11.6. The zero-order valence-corrected chi connectivity index (χ0v) is 23.0. The van der Waals surface area contributed by atoms with E-state index in [0.717, 1.165) is 24.2 Å². The number of aromatic hydroxyl groups is 1. The second-order valence-corrected chi connectivity index (χ2v) is 10.2. The normalized spacial score (nSPS) is 15.3. The van der Waals surface area contributed by atoms with Gasteiger partial charge in [-0.3, -0.25) is 9.36 Å². The van der Waals surface area contributed by atoms with Crippen LogP contribution in [0.4, 0.5) is 0 Å². The van der Waals surface area contributed by atoms with Gasteiger partial charge < -0.3 is 19.3 Å². The fourth-order valence-electron chi connectivity index (χ4n) is 4.19. The Morgan fingerprint density at radius 1 is 1.21 bits per heavy atom. The van der Waals surface area contributed by atoms with Crippen LogP contribution in [0.5, 0.6) is 17.2 Å². The molecule has 1 aliphatic rings. The lowest BCUT2D eigenvalue weighted by Gasteiger charge is -2.25. The van der Waals surface area contributed by atoms with Gasteiger partial charge in [0.15, 0.2) is 16.3 Å². The number of thiazole rings is 1. The summed E-state index contributed by atoms with van der Waals surface area (Å²) in [5.74, 6) is 0.535. The predicted octanol–water partition coefficient (Wildman–Crippen LogP) is 4.08. The highest BCUT2D eigenvalue weighted by atomic mass is 32.1. The number of benzene rings is 2. The molecule has 1 N–H and O–H groups in total. The average molecular weight is 537 g/mol. The maximum atomic E-state index is 13.8. The first-order valence-electron chi connectivity index (χ1n) is 12.6. The number of methoxy groups -OCH3 is 1. The summed E-state index contributed by atoms with van der Waals surface area (Å²) < 4.78 is 18.5. The molecule has 4 rings (SSSR count). The molecule has 1 aliphatic heterocycles. The van der Waals surface area contributed by atoms with Crippen LogP contribution in [0.25, 0.3) is 6.08 Å². The minimum atomic E-state index is -0.710. The van der Waals surface area contributed by atoms with Crippen molar-refractivity contribution in [2.45, 2.75) is 52.7 Å². The van der Waals surface area contributed by atoms with Crippen LogP contribution in [0.3, 0.4) is 0 Å². The van der Waals surface area contributed by atoms with Gasteiger partial charge in [-0.05, 0) is 68.7 Å². The van der Waals surface area contributed by atoms with Gasteiger partial charge in [0.05, 0.1) is 41.7 Å². The Hall–Kier alpha value is -3.85. The molecule has 38 heavy (non-hydrogen) atoms. The van der Waals surface area contributed by atoms with Crippen molar-refractivity contribution in [1.29, 1.82) is 0 Å². The predicted molar refractivity (Wildman–Crippen MR) is 146 cm³/mol. The first kappa shape index (κ1) is 27.2. The number of aromatic nitrogens is 1. The van der Waals surface area contributed by atoms with Crippen molar-refractivity contribution in [2.75, 3.05) is 13.7 Å². The van der Waals surface area contributed by atoms with E-state index in [-0.39, 0.29) is 17.4 Å². The van der Waals surface area contributed by atoms with Gasteiger partial charge in [-0.2, -0.15) is 0 Å². The number of hydrogen-bond donors (Lipinski definition) is 1. The molecule has 0 fully saturated rings. The summed E-state index contributed by atoms with van der Waals surface area (Å²) in [5, 5.41) is 9.93. The third-order valence-electron chi connectivity index (χ3n) is 6.05. The number of unbranched alkanes of at least 4 members (excludes halogenated alkanes) is 1. The lowest BCUT2D eigenvalue weighted by Crippen LogP contribution is -2.40. The van der Waals surface area contributed by atoms with E-state index < -0.39 is 12.0 Å². The van der Waals surface area contributed by atoms with Crippen LogP contribution < -0.4 is 24.4 Å². The van der Waals surface area contributed by atoms with Gasteiger partial charge in [0.2, 0.25) is 0 Å². The van der Waals surface area contributed by atoms with Crippen molar-refractivity contribution in [3.8, 4) is 17.2 Å². The fourth-order valence-corrected chi connectivity index (χ4v) is 5.24. The van der Waals surface area contributed by atoms with Gasteiger partial charge in [0.25, 0.3) is 5.56 Å². The maximum Gasteiger partial charge on any atom is 0.338 e. The van der Waals surface area contributed by atoms with Gasteiger partial charge in [-0.1, -0.05) is 42.9 Å². The van der Waals surface area contributed by atoms with Crippen molar-refractivity contribution >= 4 is 23.4 Å². The first-order valence-corrected chi connectivity index (χ1v) is 13.4. The molecule has 2 aromatic carbocycles. The molecule has 0 saturated carbocycles. The molecule has 0 radical (unpaired) electrons. The SMILES string of the molecule is CCCCOc1ccc(C2C(C(=O)OC(C)C)=C(C)N=c3s/c(=C\c4ccc(O)c(OC)c4)c(=O)n32)cc1. The lowest BCUT2D eigenvalue weighted by molar-refractivity contribution is -0.143. The van der Waals surface area contributed by atoms with Gasteiger partial charge in [-0.15, -0.1) is 0 Å². The number of esters is 1. The summed E-state index contributed by atoms with van der Waals surface area (Å²) in [4.78, 5) is 32.1. The number of rotatable bonds is 9. The van der Waals surface area contributed by atoms with E-state index in [4.69, 9.17) is 14.2 Å². The highest BCUT2D eigenvalue weighted by Crippen LogP contribution is 2.32. The second-order valence-electron chi connectivity index (χ2n) is 9.24. The van der Waals surface area contributed by atoms with E-state index in [0.29, 0.717) is 38.5 Å². The van der Waals surface area contributed by atoms with Gasteiger partial charge in [-0.25, -0.2) is 9.79 Å². The van der Waals surface area contributed by atoms with Crippen LogP contribution >= 0.6 is 11.3 Å². The van der Waals surface area contributed by atoms with Crippen molar-refractivity contribution < 1.29 is 24.1 Å². The lowest BCUT2D eigenvalue weighted by atomic mass is 9.96. The number of ether oxygens (including phenoxy) is 3. The molecule has 3 aromatic rings. The quantitative estimate of drug-likeness (QED) is 0.327. The van der Waals surface area contributed by atoms with Crippen LogP contribution in [0.15, 0.2) is 63.5 Å². The Morgan fingerprint density at radius 3 is 2.61 bits per heavy atom. The van der Waals surface area contributed by atoms with Crippen molar-refractivity contribution in [2.24, 2.45) is 4.99 Å². The smallest absolute Gasteiger partial charge is 0.338 e. The number of allylic oxidation sites excluding steroid dienone is 1. The molecular weight excluding hydrogens is 504 g/mol. The van der Waals surface area contributed by atoms with E-state index in [1.165, 1.54) is 24.5 Å². The van der Waals surface area contributed by atoms with Crippen molar-refractivity contribution in [3.63, 3.8) is 0 Å². The Morgan fingerprint density at radius 2 is 1.95 bits per heavy atom.